The number of para-hydroxylation sites is 2. The lowest BCUT2D eigenvalue weighted by Crippen LogP contribution is -2.38. The SMILES string of the molecule is COc1ccc(C(=O)NC(=S)Nc2ccccc2N2CCOCC2)cc1OC. The zero-order valence-corrected chi connectivity index (χ0v) is 16.7. The number of carbonyl (C=O) groups is 1. The number of nitrogens with zero attached hydrogens (tertiary/aromatic N) is 1. The quantitative estimate of drug-likeness (QED) is 0.747. The monoisotopic (exact) mass is 401 g/mol. The third-order valence-electron chi connectivity index (χ3n) is 4.38. The van der Waals surface area contributed by atoms with Crippen molar-refractivity contribution in [2.24, 2.45) is 0 Å². The van der Waals surface area contributed by atoms with E-state index in [1.807, 2.05) is 24.3 Å². The first-order valence-corrected chi connectivity index (χ1v) is 9.29. The number of benzene rings is 2. The number of methoxy groups -OCH3 is 2. The standard InChI is InChI=1S/C20H23N3O4S/c1-25-17-8-7-14(13-18(17)26-2)19(24)22-20(28)21-15-5-3-4-6-16(15)23-9-11-27-12-10-23/h3-8,13H,9-12H2,1-2H3,(H2,21,22,24,28). The Balaban J connectivity index is 1.68. The summed E-state index contributed by atoms with van der Waals surface area (Å²) in [5.74, 6) is 0.702. The van der Waals surface area contributed by atoms with Gasteiger partial charge in [-0.25, -0.2) is 0 Å². The average molecular weight is 401 g/mol. The van der Waals surface area contributed by atoms with Crippen LogP contribution in [0.1, 0.15) is 10.4 Å². The Morgan fingerprint density at radius 1 is 1.07 bits per heavy atom. The van der Waals surface area contributed by atoms with Crippen LogP contribution in [0.15, 0.2) is 42.5 Å². The summed E-state index contributed by atoms with van der Waals surface area (Å²) in [6, 6.07) is 12.8. The molecule has 1 fully saturated rings. The van der Waals surface area contributed by atoms with Crippen LogP contribution < -0.4 is 25.0 Å². The topological polar surface area (TPSA) is 72.1 Å². The number of ether oxygens (including phenoxy) is 3. The summed E-state index contributed by atoms with van der Waals surface area (Å²) in [5.41, 5.74) is 2.28. The van der Waals surface area contributed by atoms with Gasteiger partial charge in [0.05, 0.1) is 38.8 Å². The van der Waals surface area contributed by atoms with Crippen molar-refractivity contribution in [3.05, 3.63) is 48.0 Å². The summed E-state index contributed by atoms with van der Waals surface area (Å²) < 4.78 is 15.8. The second-order valence-electron chi connectivity index (χ2n) is 6.09. The lowest BCUT2D eigenvalue weighted by molar-refractivity contribution is 0.0977. The Hall–Kier alpha value is -2.84. The van der Waals surface area contributed by atoms with Crippen LogP contribution in [0.2, 0.25) is 0 Å². The summed E-state index contributed by atoms with van der Waals surface area (Å²) in [5, 5.41) is 6.05. The van der Waals surface area contributed by atoms with E-state index in [1.165, 1.54) is 7.11 Å². The molecule has 0 aliphatic carbocycles. The van der Waals surface area contributed by atoms with E-state index in [0.717, 1.165) is 24.5 Å². The molecule has 2 N–H and O–H groups in total. The van der Waals surface area contributed by atoms with Gasteiger partial charge in [0.1, 0.15) is 0 Å². The number of hydrogen-bond acceptors (Lipinski definition) is 6. The molecule has 0 bridgehead atoms. The molecule has 1 saturated heterocycles. The number of morpholine rings is 1. The number of nitrogens with one attached hydrogen (secondary N) is 2. The second-order valence-corrected chi connectivity index (χ2v) is 6.50. The summed E-state index contributed by atoms with van der Waals surface area (Å²) in [4.78, 5) is 14.8. The molecule has 0 saturated carbocycles. The predicted octanol–water partition coefficient (Wildman–Crippen LogP) is 2.67. The van der Waals surface area contributed by atoms with Crippen LogP contribution in [-0.4, -0.2) is 51.5 Å². The maximum atomic E-state index is 12.5. The minimum Gasteiger partial charge on any atom is -0.493 e. The number of hydrogen-bond donors (Lipinski definition) is 2. The van der Waals surface area contributed by atoms with Crippen molar-refractivity contribution in [1.29, 1.82) is 0 Å². The molecule has 3 rings (SSSR count). The van der Waals surface area contributed by atoms with E-state index in [4.69, 9.17) is 26.4 Å². The highest BCUT2D eigenvalue weighted by Crippen LogP contribution is 2.28. The van der Waals surface area contributed by atoms with E-state index in [0.29, 0.717) is 30.3 Å². The van der Waals surface area contributed by atoms with Gasteiger partial charge in [0.15, 0.2) is 16.6 Å². The Labute approximate surface area is 169 Å². The maximum absolute atomic E-state index is 12.5. The van der Waals surface area contributed by atoms with Crippen molar-refractivity contribution in [1.82, 2.24) is 5.32 Å². The van der Waals surface area contributed by atoms with Crippen molar-refractivity contribution in [3.63, 3.8) is 0 Å². The fraction of sp³-hybridized carbons (Fsp3) is 0.300. The van der Waals surface area contributed by atoms with Gasteiger partial charge < -0.3 is 24.4 Å². The molecule has 0 spiro atoms. The molecule has 28 heavy (non-hydrogen) atoms. The van der Waals surface area contributed by atoms with Gasteiger partial charge in [0.2, 0.25) is 0 Å². The first kappa shape index (κ1) is 19.9. The molecule has 1 aliphatic heterocycles. The van der Waals surface area contributed by atoms with Crippen LogP contribution in [0.25, 0.3) is 0 Å². The van der Waals surface area contributed by atoms with E-state index in [-0.39, 0.29) is 11.0 Å². The fourth-order valence-electron chi connectivity index (χ4n) is 2.97. The Kier molecular flexibility index (Phi) is 6.67. The minimum atomic E-state index is -0.331. The molecule has 1 amide bonds. The molecule has 148 valence electrons. The smallest absolute Gasteiger partial charge is 0.257 e. The van der Waals surface area contributed by atoms with Crippen LogP contribution in [-0.2, 0) is 4.74 Å². The molecular weight excluding hydrogens is 378 g/mol. The van der Waals surface area contributed by atoms with E-state index in [2.05, 4.69) is 15.5 Å². The third kappa shape index (κ3) is 4.71. The van der Waals surface area contributed by atoms with Gasteiger partial charge in [-0.05, 0) is 42.5 Å². The normalized spacial score (nSPS) is 13.6. The minimum absolute atomic E-state index is 0.223. The molecule has 1 aliphatic rings. The molecule has 0 atom stereocenters. The molecule has 8 heteroatoms. The van der Waals surface area contributed by atoms with Gasteiger partial charge in [-0.2, -0.15) is 0 Å². The van der Waals surface area contributed by atoms with Crippen LogP contribution >= 0.6 is 12.2 Å². The van der Waals surface area contributed by atoms with Gasteiger partial charge in [-0.3, -0.25) is 10.1 Å². The number of rotatable bonds is 5. The van der Waals surface area contributed by atoms with Crippen molar-refractivity contribution in [3.8, 4) is 11.5 Å². The van der Waals surface area contributed by atoms with E-state index in [1.54, 1.807) is 25.3 Å². The van der Waals surface area contributed by atoms with E-state index in [9.17, 15) is 4.79 Å². The van der Waals surface area contributed by atoms with Crippen LogP contribution in [0, 0.1) is 0 Å². The highest BCUT2D eigenvalue weighted by molar-refractivity contribution is 7.80. The number of carbonyl (C=O) groups excluding carboxylic acids is 1. The predicted molar refractivity (Wildman–Crippen MR) is 113 cm³/mol. The van der Waals surface area contributed by atoms with Crippen molar-refractivity contribution >= 4 is 34.6 Å². The zero-order valence-electron chi connectivity index (χ0n) is 15.9. The highest BCUT2D eigenvalue weighted by atomic mass is 32.1. The summed E-state index contributed by atoms with van der Waals surface area (Å²) in [7, 11) is 3.07. The molecular formula is C20H23N3O4S. The molecule has 2 aromatic rings. The first-order valence-electron chi connectivity index (χ1n) is 8.88. The van der Waals surface area contributed by atoms with Crippen molar-refractivity contribution < 1.29 is 19.0 Å². The van der Waals surface area contributed by atoms with Gasteiger partial charge >= 0.3 is 0 Å². The number of thiocarbonyl (C=S) groups is 1. The lowest BCUT2D eigenvalue weighted by Gasteiger charge is -2.30. The fourth-order valence-corrected chi connectivity index (χ4v) is 3.17. The Morgan fingerprint density at radius 2 is 1.79 bits per heavy atom. The van der Waals surface area contributed by atoms with Gasteiger partial charge in [-0.15, -0.1) is 0 Å². The first-order chi connectivity index (χ1) is 13.6. The maximum Gasteiger partial charge on any atom is 0.257 e. The van der Waals surface area contributed by atoms with E-state index >= 15 is 0 Å². The van der Waals surface area contributed by atoms with Gasteiger partial charge in [0.25, 0.3) is 5.91 Å². The molecule has 2 aromatic carbocycles. The Morgan fingerprint density at radius 3 is 2.50 bits per heavy atom. The number of amides is 1. The molecule has 0 radical (unpaired) electrons. The van der Waals surface area contributed by atoms with Crippen molar-refractivity contribution in [2.75, 3.05) is 50.7 Å². The summed E-state index contributed by atoms with van der Waals surface area (Å²) in [6.45, 7) is 3.00. The summed E-state index contributed by atoms with van der Waals surface area (Å²) >= 11 is 5.34. The molecule has 0 unspecified atom stereocenters. The van der Waals surface area contributed by atoms with Gasteiger partial charge in [-0.1, -0.05) is 12.1 Å². The molecule has 1 heterocycles. The second kappa shape index (κ2) is 9.38. The van der Waals surface area contributed by atoms with Crippen LogP contribution in [0.3, 0.4) is 0 Å². The summed E-state index contributed by atoms with van der Waals surface area (Å²) in [6.07, 6.45) is 0. The van der Waals surface area contributed by atoms with Crippen molar-refractivity contribution in [2.45, 2.75) is 0 Å². The molecule has 7 nitrogen and oxygen atoms in total. The van der Waals surface area contributed by atoms with Gasteiger partial charge in [0, 0.05) is 18.7 Å². The van der Waals surface area contributed by atoms with Crippen LogP contribution in [0.4, 0.5) is 11.4 Å². The third-order valence-corrected chi connectivity index (χ3v) is 4.58. The Bertz CT molecular complexity index is 853. The lowest BCUT2D eigenvalue weighted by atomic mass is 10.2. The number of anilines is 2. The molecule has 0 aromatic heterocycles. The van der Waals surface area contributed by atoms with Crippen LogP contribution in [0.5, 0.6) is 11.5 Å². The highest BCUT2D eigenvalue weighted by Gasteiger charge is 2.16. The van der Waals surface area contributed by atoms with E-state index < -0.39 is 0 Å². The zero-order chi connectivity index (χ0) is 19.9. The average Bonchev–Trinajstić information content (AvgIpc) is 2.74. The largest absolute Gasteiger partial charge is 0.493 e.